The van der Waals surface area contributed by atoms with Crippen LogP contribution in [0.1, 0.15) is 6.42 Å². The molecule has 0 bridgehead atoms. The van der Waals surface area contributed by atoms with E-state index in [0.29, 0.717) is 13.0 Å². The second kappa shape index (κ2) is 6.85. The first kappa shape index (κ1) is 7.85. The molecule has 0 spiro atoms. The first-order valence-corrected chi connectivity index (χ1v) is 2.88. The molecule has 0 aliphatic carbocycles. The highest BCUT2D eigenvalue weighted by Crippen LogP contribution is 1.74. The molecule has 0 aliphatic heterocycles. The van der Waals surface area contributed by atoms with E-state index in [2.05, 4.69) is 5.32 Å². The first-order chi connectivity index (χ1) is 3.91. The quantitative estimate of drug-likeness (QED) is 0.497. The molecular formula is C5H13FN2. The molecule has 0 saturated heterocycles. The maximum absolute atomic E-state index is 11.3. The van der Waals surface area contributed by atoms with Gasteiger partial charge in [0.15, 0.2) is 0 Å². The summed E-state index contributed by atoms with van der Waals surface area (Å²) in [7, 11) is 0. The van der Waals surface area contributed by atoms with Crippen molar-refractivity contribution >= 4 is 0 Å². The van der Waals surface area contributed by atoms with Gasteiger partial charge < -0.3 is 11.1 Å². The van der Waals surface area contributed by atoms with E-state index in [1.165, 1.54) is 0 Å². The van der Waals surface area contributed by atoms with Crippen LogP contribution in [0.5, 0.6) is 0 Å². The summed E-state index contributed by atoms with van der Waals surface area (Å²) in [5, 5.41) is 2.97. The Hall–Kier alpha value is -0.150. The molecule has 2 nitrogen and oxygen atoms in total. The molecule has 0 radical (unpaired) electrons. The number of rotatable bonds is 5. The van der Waals surface area contributed by atoms with Crippen molar-refractivity contribution in [3.8, 4) is 0 Å². The van der Waals surface area contributed by atoms with E-state index < -0.39 is 0 Å². The lowest BCUT2D eigenvalue weighted by Gasteiger charge is -1.97. The molecule has 0 fully saturated rings. The summed E-state index contributed by atoms with van der Waals surface area (Å²) in [4.78, 5) is 0. The fourth-order valence-electron chi connectivity index (χ4n) is 0.419. The summed E-state index contributed by atoms with van der Waals surface area (Å²) >= 11 is 0. The third-order valence-electron chi connectivity index (χ3n) is 0.808. The number of alkyl halides is 1. The van der Waals surface area contributed by atoms with E-state index in [4.69, 9.17) is 5.73 Å². The Morgan fingerprint density at radius 3 is 2.62 bits per heavy atom. The fraction of sp³-hybridized carbons (Fsp3) is 1.00. The van der Waals surface area contributed by atoms with Crippen molar-refractivity contribution in [3.05, 3.63) is 0 Å². The highest BCUT2D eigenvalue weighted by Gasteiger charge is 1.82. The summed E-state index contributed by atoms with van der Waals surface area (Å²) in [6.07, 6.45) is 0.597. The molecular weight excluding hydrogens is 107 g/mol. The Bertz CT molecular complexity index is 35.4. The van der Waals surface area contributed by atoms with E-state index in [1.54, 1.807) is 0 Å². The fourth-order valence-corrected chi connectivity index (χ4v) is 0.419. The topological polar surface area (TPSA) is 38.0 Å². The van der Waals surface area contributed by atoms with Gasteiger partial charge in [-0.2, -0.15) is 0 Å². The zero-order valence-electron chi connectivity index (χ0n) is 4.99. The molecule has 0 aromatic rings. The zero-order chi connectivity index (χ0) is 6.24. The van der Waals surface area contributed by atoms with Gasteiger partial charge in [-0.15, -0.1) is 0 Å². The van der Waals surface area contributed by atoms with Crippen molar-refractivity contribution in [2.75, 3.05) is 26.3 Å². The third-order valence-corrected chi connectivity index (χ3v) is 0.808. The van der Waals surface area contributed by atoms with Crippen LogP contribution in [0, 0.1) is 0 Å². The van der Waals surface area contributed by atoms with E-state index in [0.717, 1.165) is 13.1 Å². The lowest BCUT2D eigenvalue weighted by atomic mass is 10.4. The van der Waals surface area contributed by atoms with Gasteiger partial charge in [0, 0.05) is 13.1 Å². The number of hydrogen-bond acceptors (Lipinski definition) is 2. The van der Waals surface area contributed by atoms with Gasteiger partial charge in [-0.1, -0.05) is 0 Å². The van der Waals surface area contributed by atoms with E-state index >= 15 is 0 Å². The summed E-state index contributed by atoms with van der Waals surface area (Å²) < 4.78 is 11.3. The molecule has 0 heterocycles. The third kappa shape index (κ3) is 5.85. The minimum Gasteiger partial charge on any atom is -0.329 e. The molecule has 0 amide bonds. The van der Waals surface area contributed by atoms with Crippen LogP contribution in [0.15, 0.2) is 0 Å². The van der Waals surface area contributed by atoms with Gasteiger partial charge >= 0.3 is 0 Å². The Balaban J connectivity index is 2.53. The molecule has 0 aliphatic rings. The van der Waals surface area contributed by atoms with Crippen LogP contribution in [-0.2, 0) is 0 Å². The van der Waals surface area contributed by atoms with Gasteiger partial charge in [-0.25, -0.2) is 0 Å². The summed E-state index contributed by atoms with van der Waals surface area (Å²) in [6.45, 7) is 1.93. The largest absolute Gasteiger partial charge is 0.329 e. The number of nitrogens with two attached hydrogens (primary N) is 1. The standard InChI is InChI=1S/C5H13FN2/c6-2-1-4-8-5-3-7/h8H,1-5,7H2. The van der Waals surface area contributed by atoms with Crippen LogP contribution in [0.2, 0.25) is 0 Å². The Kier molecular flexibility index (Phi) is 6.72. The van der Waals surface area contributed by atoms with Gasteiger partial charge in [0.05, 0.1) is 6.67 Å². The Morgan fingerprint density at radius 1 is 1.38 bits per heavy atom. The molecule has 50 valence electrons. The predicted molar refractivity (Wildman–Crippen MR) is 32.5 cm³/mol. The summed E-state index contributed by atoms with van der Waals surface area (Å²) in [5.41, 5.74) is 5.15. The molecule has 3 heteroatoms. The van der Waals surface area contributed by atoms with Crippen molar-refractivity contribution in [2.45, 2.75) is 6.42 Å². The minimum atomic E-state index is -0.239. The van der Waals surface area contributed by atoms with Gasteiger partial charge in [0.1, 0.15) is 0 Å². The molecule has 0 aromatic carbocycles. The molecule has 0 unspecified atom stereocenters. The van der Waals surface area contributed by atoms with Crippen molar-refractivity contribution in [1.82, 2.24) is 5.32 Å². The van der Waals surface area contributed by atoms with Crippen LogP contribution in [-0.4, -0.2) is 26.3 Å². The van der Waals surface area contributed by atoms with Crippen LogP contribution < -0.4 is 11.1 Å². The molecule has 0 atom stereocenters. The van der Waals surface area contributed by atoms with Crippen molar-refractivity contribution in [2.24, 2.45) is 5.73 Å². The zero-order valence-corrected chi connectivity index (χ0v) is 4.99. The lowest BCUT2D eigenvalue weighted by Crippen LogP contribution is -2.23. The van der Waals surface area contributed by atoms with E-state index in [-0.39, 0.29) is 6.67 Å². The number of hydrogen-bond donors (Lipinski definition) is 2. The van der Waals surface area contributed by atoms with Gasteiger partial charge in [0.25, 0.3) is 0 Å². The second-order valence-electron chi connectivity index (χ2n) is 1.58. The summed E-state index contributed by atoms with van der Waals surface area (Å²) in [5.74, 6) is 0. The second-order valence-corrected chi connectivity index (χ2v) is 1.58. The molecule has 0 saturated carbocycles. The van der Waals surface area contributed by atoms with Gasteiger partial charge in [-0.3, -0.25) is 4.39 Å². The smallest absolute Gasteiger partial charge is 0.0906 e. The minimum absolute atomic E-state index is 0.239. The van der Waals surface area contributed by atoms with Crippen LogP contribution in [0.25, 0.3) is 0 Å². The summed E-state index contributed by atoms with van der Waals surface area (Å²) in [6, 6.07) is 0. The maximum Gasteiger partial charge on any atom is 0.0906 e. The number of nitrogens with one attached hydrogen (secondary N) is 1. The average molecular weight is 120 g/mol. The monoisotopic (exact) mass is 120 g/mol. The maximum atomic E-state index is 11.3. The van der Waals surface area contributed by atoms with E-state index in [1.807, 2.05) is 0 Å². The average Bonchev–Trinajstić information content (AvgIpc) is 1.81. The first-order valence-electron chi connectivity index (χ1n) is 2.88. The molecule has 3 N–H and O–H groups in total. The molecule has 0 aromatic heterocycles. The Morgan fingerprint density at radius 2 is 2.12 bits per heavy atom. The SMILES string of the molecule is NCCNCCCF. The number of halogens is 1. The molecule has 0 rings (SSSR count). The Labute approximate surface area is 49.3 Å². The van der Waals surface area contributed by atoms with Crippen molar-refractivity contribution in [3.63, 3.8) is 0 Å². The van der Waals surface area contributed by atoms with Crippen LogP contribution in [0.4, 0.5) is 4.39 Å². The van der Waals surface area contributed by atoms with Crippen LogP contribution >= 0.6 is 0 Å². The van der Waals surface area contributed by atoms with Crippen molar-refractivity contribution < 1.29 is 4.39 Å². The predicted octanol–water partition coefficient (Wildman–Crippen LogP) is -0.106. The normalized spacial score (nSPS) is 9.75. The highest BCUT2D eigenvalue weighted by molar-refractivity contribution is 4.45. The lowest BCUT2D eigenvalue weighted by molar-refractivity contribution is 0.461. The van der Waals surface area contributed by atoms with Crippen LogP contribution in [0.3, 0.4) is 0 Å². The van der Waals surface area contributed by atoms with E-state index in [9.17, 15) is 4.39 Å². The molecule has 8 heavy (non-hydrogen) atoms. The van der Waals surface area contributed by atoms with Crippen molar-refractivity contribution in [1.29, 1.82) is 0 Å². The highest BCUT2D eigenvalue weighted by atomic mass is 19.1. The van der Waals surface area contributed by atoms with Gasteiger partial charge in [0.2, 0.25) is 0 Å². The van der Waals surface area contributed by atoms with Gasteiger partial charge in [-0.05, 0) is 13.0 Å².